The van der Waals surface area contributed by atoms with Crippen LogP contribution in [-0.4, -0.2) is 16.8 Å². The molecule has 1 aromatic carbocycles. The first-order chi connectivity index (χ1) is 7.40. The highest BCUT2D eigenvalue weighted by molar-refractivity contribution is 5.85. The number of aromatic nitrogens is 2. The molecule has 0 spiro atoms. The SMILES string of the molecule is CNCc1ccnn1Cc1ccccc1.Cl.Cl. The number of nitrogens with zero attached hydrogens (tertiary/aromatic N) is 2. The Morgan fingerprint density at radius 2 is 1.82 bits per heavy atom. The van der Waals surface area contributed by atoms with Crippen molar-refractivity contribution < 1.29 is 0 Å². The first-order valence-corrected chi connectivity index (χ1v) is 5.09. The van der Waals surface area contributed by atoms with Gasteiger partial charge < -0.3 is 5.32 Å². The van der Waals surface area contributed by atoms with E-state index in [1.807, 2.05) is 30.1 Å². The van der Waals surface area contributed by atoms with Gasteiger partial charge in [0.2, 0.25) is 0 Å². The molecule has 17 heavy (non-hydrogen) atoms. The Morgan fingerprint density at radius 1 is 1.12 bits per heavy atom. The van der Waals surface area contributed by atoms with Crippen LogP contribution in [0.4, 0.5) is 0 Å². The maximum atomic E-state index is 4.31. The summed E-state index contributed by atoms with van der Waals surface area (Å²) >= 11 is 0. The van der Waals surface area contributed by atoms with Crippen molar-refractivity contribution in [1.29, 1.82) is 0 Å². The summed E-state index contributed by atoms with van der Waals surface area (Å²) in [6.07, 6.45) is 1.84. The molecule has 0 radical (unpaired) electrons. The third-order valence-corrected chi connectivity index (χ3v) is 2.34. The van der Waals surface area contributed by atoms with Crippen molar-refractivity contribution in [3.05, 3.63) is 53.9 Å². The summed E-state index contributed by atoms with van der Waals surface area (Å²) in [4.78, 5) is 0. The molecule has 1 aromatic heterocycles. The van der Waals surface area contributed by atoms with E-state index in [0.29, 0.717) is 0 Å². The van der Waals surface area contributed by atoms with Gasteiger partial charge >= 0.3 is 0 Å². The van der Waals surface area contributed by atoms with Crippen molar-refractivity contribution >= 4 is 24.8 Å². The molecule has 0 aliphatic heterocycles. The Labute approximate surface area is 114 Å². The molecule has 1 N–H and O–H groups in total. The fourth-order valence-corrected chi connectivity index (χ4v) is 1.59. The lowest BCUT2D eigenvalue weighted by molar-refractivity contribution is 0.622. The zero-order valence-electron chi connectivity index (χ0n) is 9.67. The molecule has 0 aliphatic rings. The minimum absolute atomic E-state index is 0. The van der Waals surface area contributed by atoms with Crippen LogP contribution in [0.15, 0.2) is 42.6 Å². The normalized spacial score (nSPS) is 9.24. The molecule has 0 saturated carbocycles. The van der Waals surface area contributed by atoms with E-state index in [2.05, 4.69) is 34.7 Å². The smallest absolute Gasteiger partial charge is 0.0663 e. The van der Waals surface area contributed by atoms with Gasteiger partial charge in [0.15, 0.2) is 0 Å². The lowest BCUT2D eigenvalue weighted by Gasteiger charge is -2.06. The largest absolute Gasteiger partial charge is 0.314 e. The van der Waals surface area contributed by atoms with Gasteiger partial charge in [0.1, 0.15) is 0 Å². The molecule has 2 aromatic rings. The molecule has 2 rings (SSSR count). The number of hydrogen-bond acceptors (Lipinski definition) is 2. The van der Waals surface area contributed by atoms with E-state index in [1.54, 1.807) is 0 Å². The number of hydrogen-bond donors (Lipinski definition) is 1. The Kier molecular flexibility index (Phi) is 7.63. The highest BCUT2D eigenvalue weighted by Crippen LogP contribution is 2.05. The van der Waals surface area contributed by atoms with Crippen molar-refractivity contribution in [3.63, 3.8) is 0 Å². The van der Waals surface area contributed by atoms with E-state index in [-0.39, 0.29) is 24.8 Å². The predicted octanol–water partition coefficient (Wildman–Crippen LogP) is 2.49. The second kappa shape index (κ2) is 8.12. The third kappa shape index (κ3) is 4.38. The first kappa shape index (κ1) is 16.0. The fourth-order valence-electron chi connectivity index (χ4n) is 1.59. The second-order valence-electron chi connectivity index (χ2n) is 3.50. The maximum Gasteiger partial charge on any atom is 0.0663 e. The van der Waals surface area contributed by atoms with Gasteiger partial charge in [-0.1, -0.05) is 30.3 Å². The molecule has 0 saturated heterocycles. The van der Waals surface area contributed by atoms with Crippen LogP contribution in [-0.2, 0) is 13.1 Å². The van der Waals surface area contributed by atoms with Gasteiger partial charge in [0.25, 0.3) is 0 Å². The molecule has 0 unspecified atom stereocenters. The Morgan fingerprint density at radius 3 is 2.47 bits per heavy atom. The molecule has 0 bridgehead atoms. The second-order valence-corrected chi connectivity index (χ2v) is 3.50. The number of rotatable bonds is 4. The Balaban J connectivity index is 0.00000128. The summed E-state index contributed by atoms with van der Waals surface area (Å²) in [6, 6.07) is 12.4. The molecule has 1 heterocycles. The molecular weight excluding hydrogens is 257 g/mol. The van der Waals surface area contributed by atoms with Crippen LogP contribution >= 0.6 is 24.8 Å². The summed E-state index contributed by atoms with van der Waals surface area (Å²) in [6.45, 7) is 1.69. The van der Waals surface area contributed by atoms with Crippen molar-refractivity contribution in [1.82, 2.24) is 15.1 Å². The summed E-state index contributed by atoms with van der Waals surface area (Å²) in [5.41, 5.74) is 2.49. The van der Waals surface area contributed by atoms with Crippen LogP contribution in [0.5, 0.6) is 0 Å². The highest BCUT2D eigenvalue weighted by atomic mass is 35.5. The van der Waals surface area contributed by atoms with E-state index in [9.17, 15) is 0 Å². The minimum atomic E-state index is 0. The van der Waals surface area contributed by atoms with Crippen LogP contribution in [0.25, 0.3) is 0 Å². The van der Waals surface area contributed by atoms with Gasteiger partial charge in [0.05, 0.1) is 12.2 Å². The van der Waals surface area contributed by atoms with Gasteiger partial charge in [-0.15, -0.1) is 24.8 Å². The zero-order chi connectivity index (χ0) is 10.5. The number of halogens is 2. The monoisotopic (exact) mass is 273 g/mol. The lowest BCUT2D eigenvalue weighted by Crippen LogP contribution is -2.12. The molecule has 0 atom stereocenters. The summed E-state index contributed by atoms with van der Waals surface area (Å²) < 4.78 is 2.02. The standard InChI is InChI=1S/C12H15N3.2ClH/c1-13-9-12-7-8-14-15(12)10-11-5-3-2-4-6-11;;/h2-8,13H,9-10H2,1H3;2*1H. The molecular formula is C12H17Cl2N3. The lowest BCUT2D eigenvalue weighted by atomic mass is 10.2. The average Bonchev–Trinajstić information content (AvgIpc) is 2.68. The van der Waals surface area contributed by atoms with E-state index in [1.165, 1.54) is 11.3 Å². The van der Waals surface area contributed by atoms with E-state index in [4.69, 9.17) is 0 Å². The molecule has 0 aliphatic carbocycles. The molecule has 3 nitrogen and oxygen atoms in total. The number of benzene rings is 1. The third-order valence-electron chi connectivity index (χ3n) is 2.34. The highest BCUT2D eigenvalue weighted by Gasteiger charge is 2.01. The number of nitrogens with one attached hydrogen (secondary N) is 1. The topological polar surface area (TPSA) is 29.9 Å². The fraction of sp³-hybridized carbons (Fsp3) is 0.250. The Hall–Kier alpha value is -1.03. The molecule has 0 amide bonds. The van der Waals surface area contributed by atoms with Gasteiger partial charge in [-0.05, 0) is 18.7 Å². The Bertz CT molecular complexity index is 415. The van der Waals surface area contributed by atoms with Crippen molar-refractivity contribution in [3.8, 4) is 0 Å². The van der Waals surface area contributed by atoms with Crippen molar-refractivity contribution in [2.24, 2.45) is 0 Å². The molecule has 0 fully saturated rings. The van der Waals surface area contributed by atoms with Crippen LogP contribution in [0.1, 0.15) is 11.3 Å². The van der Waals surface area contributed by atoms with Crippen molar-refractivity contribution in [2.75, 3.05) is 7.05 Å². The van der Waals surface area contributed by atoms with Crippen LogP contribution in [0.2, 0.25) is 0 Å². The predicted molar refractivity (Wildman–Crippen MR) is 75.0 cm³/mol. The average molecular weight is 274 g/mol. The summed E-state index contributed by atoms with van der Waals surface area (Å²) in [5.74, 6) is 0. The van der Waals surface area contributed by atoms with Crippen LogP contribution in [0, 0.1) is 0 Å². The maximum absolute atomic E-state index is 4.31. The van der Waals surface area contributed by atoms with Gasteiger partial charge in [-0.2, -0.15) is 5.10 Å². The molecule has 5 heteroatoms. The summed E-state index contributed by atoms with van der Waals surface area (Å²) in [5, 5.41) is 7.44. The van der Waals surface area contributed by atoms with Crippen molar-refractivity contribution in [2.45, 2.75) is 13.1 Å². The van der Waals surface area contributed by atoms with Gasteiger partial charge in [0, 0.05) is 12.7 Å². The van der Waals surface area contributed by atoms with E-state index >= 15 is 0 Å². The van der Waals surface area contributed by atoms with E-state index in [0.717, 1.165) is 13.1 Å². The van der Waals surface area contributed by atoms with Crippen LogP contribution in [0.3, 0.4) is 0 Å². The van der Waals surface area contributed by atoms with Crippen LogP contribution < -0.4 is 5.32 Å². The van der Waals surface area contributed by atoms with Gasteiger partial charge in [-0.3, -0.25) is 4.68 Å². The van der Waals surface area contributed by atoms with Gasteiger partial charge in [-0.25, -0.2) is 0 Å². The van der Waals surface area contributed by atoms with E-state index < -0.39 is 0 Å². The zero-order valence-corrected chi connectivity index (χ0v) is 11.3. The quantitative estimate of drug-likeness (QED) is 0.928. The minimum Gasteiger partial charge on any atom is -0.314 e. The molecule has 94 valence electrons. The first-order valence-electron chi connectivity index (χ1n) is 5.09. The summed E-state index contributed by atoms with van der Waals surface area (Å²) in [7, 11) is 1.94.